The van der Waals surface area contributed by atoms with Crippen molar-refractivity contribution < 1.29 is 17.6 Å². The van der Waals surface area contributed by atoms with Gasteiger partial charge in [-0.2, -0.15) is 13.2 Å². The van der Waals surface area contributed by atoms with Gasteiger partial charge in [0, 0.05) is 6.04 Å². The summed E-state index contributed by atoms with van der Waals surface area (Å²) < 4.78 is 49.9. The van der Waals surface area contributed by atoms with E-state index in [-0.39, 0.29) is 0 Å². The molecule has 0 aliphatic heterocycles. The van der Waals surface area contributed by atoms with E-state index in [9.17, 15) is 17.6 Å². The molecule has 0 aromatic heterocycles. The van der Waals surface area contributed by atoms with Gasteiger partial charge in [-0.15, -0.1) is 0 Å². The van der Waals surface area contributed by atoms with Gasteiger partial charge in [0.15, 0.2) is 6.17 Å². The van der Waals surface area contributed by atoms with E-state index in [1.165, 1.54) is 0 Å². The van der Waals surface area contributed by atoms with Crippen molar-refractivity contribution in [2.45, 2.75) is 63.8 Å². The fourth-order valence-electron chi connectivity index (χ4n) is 2.67. The second-order valence-electron chi connectivity index (χ2n) is 5.49. The highest BCUT2D eigenvalue weighted by Gasteiger charge is 2.45. The Morgan fingerprint density at radius 2 is 1.72 bits per heavy atom. The normalized spacial score (nSPS) is 29.0. The van der Waals surface area contributed by atoms with Crippen LogP contribution in [0.5, 0.6) is 0 Å². The Morgan fingerprint density at radius 3 is 2.17 bits per heavy atom. The van der Waals surface area contributed by atoms with Crippen LogP contribution in [0.2, 0.25) is 0 Å². The first-order valence-corrected chi connectivity index (χ1v) is 6.72. The molecule has 1 aliphatic rings. The largest absolute Gasteiger partial charge is 0.419 e. The number of nitrogens with one attached hydrogen (secondary N) is 1. The SMILES string of the molecule is CNC(C)CCC1CCC(C(F)C(F)(F)F)CC1. The van der Waals surface area contributed by atoms with Crippen LogP contribution in [0.15, 0.2) is 0 Å². The van der Waals surface area contributed by atoms with Crippen molar-refractivity contribution in [1.82, 2.24) is 5.32 Å². The standard InChI is InChI=1S/C13H23F4N/c1-9(18-2)3-4-10-5-7-11(8-6-10)12(14)13(15,16)17/h9-12,18H,3-8H2,1-2H3. The summed E-state index contributed by atoms with van der Waals surface area (Å²) in [5, 5.41) is 3.14. The van der Waals surface area contributed by atoms with E-state index in [0.717, 1.165) is 25.7 Å². The molecule has 0 bridgehead atoms. The molecular weight excluding hydrogens is 246 g/mol. The highest BCUT2D eigenvalue weighted by molar-refractivity contribution is 4.82. The average Bonchev–Trinajstić information content (AvgIpc) is 2.34. The number of hydrogen-bond donors (Lipinski definition) is 1. The van der Waals surface area contributed by atoms with Crippen LogP contribution >= 0.6 is 0 Å². The van der Waals surface area contributed by atoms with Gasteiger partial charge in [0.1, 0.15) is 0 Å². The Hall–Kier alpha value is -0.320. The number of alkyl halides is 4. The maximum Gasteiger partial charge on any atom is 0.419 e. The van der Waals surface area contributed by atoms with Gasteiger partial charge in [0.25, 0.3) is 0 Å². The molecule has 0 heterocycles. The second-order valence-corrected chi connectivity index (χ2v) is 5.49. The predicted octanol–water partition coefficient (Wildman–Crippen LogP) is 4.08. The quantitative estimate of drug-likeness (QED) is 0.741. The number of hydrogen-bond acceptors (Lipinski definition) is 1. The molecule has 0 saturated heterocycles. The molecule has 0 aromatic rings. The molecule has 1 fully saturated rings. The van der Waals surface area contributed by atoms with Crippen molar-refractivity contribution in [3.05, 3.63) is 0 Å². The highest BCUT2D eigenvalue weighted by atomic mass is 19.4. The molecule has 2 atom stereocenters. The third-order valence-corrected chi connectivity index (χ3v) is 4.12. The van der Waals surface area contributed by atoms with Crippen LogP contribution in [-0.2, 0) is 0 Å². The molecule has 18 heavy (non-hydrogen) atoms. The van der Waals surface area contributed by atoms with E-state index in [0.29, 0.717) is 24.8 Å². The first kappa shape index (κ1) is 15.7. The Morgan fingerprint density at radius 1 is 1.17 bits per heavy atom. The summed E-state index contributed by atoms with van der Waals surface area (Å²) >= 11 is 0. The van der Waals surface area contributed by atoms with Crippen molar-refractivity contribution in [3.8, 4) is 0 Å². The van der Waals surface area contributed by atoms with Gasteiger partial charge < -0.3 is 5.32 Å². The molecule has 1 nitrogen and oxygen atoms in total. The molecule has 5 heteroatoms. The minimum Gasteiger partial charge on any atom is -0.317 e. The molecular formula is C13H23F4N. The lowest BCUT2D eigenvalue weighted by Gasteiger charge is -2.31. The predicted molar refractivity (Wildman–Crippen MR) is 64.2 cm³/mol. The Labute approximate surface area is 106 Å². The summed E-state index contributed by atoms with van der Waals surface area (Å²) in [6.45, 7) is 2.09. The lowest BCUT2D eigenvalue weighted by atomic mass is 9.77. The summed E-state index contributed by atoms with van der Waals surface area (Å²) in [7, 11) is 1.90. The van der Waals surface area contributed by atoms with Crippen LogP contribution in [0.1, 0.15) is 45.4 Å². The van der Waals surface area contributed by atoms with Crippen LogP contribution in [0.25, 0.3) is 0 Å². The lowest BCUT2D eigenvalue weighted by Crippen LogP contribution is -2.34. The van der Waals surface area contributed by atoms with Crippen LogP contribution in [0.3, 0.4) is 0 Å². The van der Waals surface area contributed by atoms with E-state index in [2.05, 4.69) is 12.2 Å². The van der Waals surface area contributed by atoms with Gasteiger partial charge in [0.05, 0.1) is 0 Å². The number of halogens is 4. The highest BCUT2D eigenvalue weighted by Crippen LogP contribution is 2.39. The minimum absolute atomic E-state index is 0.374. The fourth-order valence-corrected chi connectivity index (χ4v) is 2.67. The van der Waals surface area contributed by atoms with Crippen molar-refractivity contribution in [2.75, 3.05) is 7.05 Å². The van der Waals surface area contributed by atoms with Crippen molar-refractivity contribution in [2.24, 2.45) is 11.8 Å². The van der Waals surface area contributed by atoms with E-state index < -0.39 is 18.3 Å². The Balaban J connectivity index is 2.28. The maximum atomic E-state index is 13.2. The Kier molecular flexibility index (Phi) is 5.89. The third-order valence-electron chi connectivity index (χ3n) is 4.12. The third kappa shape index (κ3) is 4.75. The molecule has 0 amide bonds. The fraction of sp³-hybridized carbons (Fsp3) is 1.00. The van der Waals surface area contributed by atoms with Gasteiger partial charge in [0.2, 0.25) is 0 Å². The summed E-state index contributed by atoms with van der Waals surface area (Å²) in [4.78, 5) is 0. The van der Waals surface area contributed by atoms with E-state index in [4.69, 9.17) is 0 Å². The van der Waals surface area contributed by atoms with Crippen LogP contribution in [0.4, 0.5) is 17.6 Å². The second kappa shape index (κ2) is 6.73. The summed E-state index contributed by atoms with van der Waals surface area (Å²) in [6, 6.07) is 0.437. The summed E-state index contributed by atoms with van der Waals surface area (Å²) in [5.74, 6) is -0.347. The van der Waals surface area contributed by atoms with Gasteiger partial charge in [-0.1, -0.05) is 12.8 Å². The van der Waals surface area contributed by atoms with E-state index in [1.54, 1.807) is 0 Å². The van der Waals surface area contributed by atoms with Gasteiger partial charge >= 0.3 is 6.18 Å². The summed E-state index contributed by atoms with van der Waals surface area (Å²) in [6.07, 6.45) is -3.04. The molecule has 0 radical (unpaired) electrons. The molecule has 0 spiro atoms. The van der Waals surface area contributed by atoms with Gasteiger partial charge in [-0.3, -0.25) is 0 Å². The van der Waals surface area contributed by atoms with E-state index >= 15 is 0 Å². The van der Waals surface area contributed by atoms with Crippen molar-refractivity contribution in [1.29, 1.82) is 0 Å². The molecule has 1 rings (SSSR count). The average molecular weight is 269 g/mol. The van der Waals surface area contributed by atoms with Crippen LogP contribution < -0.4 is 5.32 Å². The number of rotatable bonds is 5. The lowest BCUT2D eigenvalue weighted by molar-refractivity contribution is -0.197. The molecule has 1 N–H and O–H groups in total. The topological polar surface area (TPSA) is 12.0 Å². The minimum atomic E-state index is -4.68. The van der Waals surface area contributed by atoms with E-state index in [1.807, 2.05) is 7.05 Å². The first-order valence-electron chi connectivity index (χ1n) is 6.72. The zero-order valence-electron chi connectivity index (χ0n) is 11.1. The molecule has 2 unspecified atom stereocenters. The monoisotopic (exact) mass is 269 g/mol. The summed E-state index contributed by atoms with van der Waals surface area (Å²) in [5.41, 5.74) is 0. The molecule has 108 valence electrons. The van der Waals surface area contributed by atoms with Crippen LogP contribution in [0, 0.1) is 11.8 Å². The zero-order valence-corrected chi connectivity index (χ0v) is 11.1. The van der Waals surface area contributed by atoms with Crippen molar-refractivity contribution in [3.63, 3.8) is 0 Å². The van der Waals surface area contributed by atoms with Crippen molar-refractivity contribution >= 4 is 0 Å². The smallest absolute Gasteiger partial charge is 0.317 e. The zero-order chi connectivity index (χ0) is 13.8. The maximum absolute atomic E-state index is 13.2. The Bertz CT molecular complexity index is 234. The van der Waals surface area contributed by atoms with Crippen LogP contribution in [-0.4, -0.2) is 25.4 Å². The molecule has 1 aliphatic carbocycles. The van der Waals surface area contributed by atoms with Gasteiger partial charge in [-0.05, 0) is 51.5 Å². The molecule has 1 saturated carbocycles. The molecule has 0 aromatic carbocycles. The van der Waals surface area contributed by atoms with Gasteiger partial charge in [-0.25, -0.2) is 4.39 Å². The first-order chi connectivity index (χ1) is 8.34.